The zero-order valence-electron chi connectivity index (χ0n) is 12.5. The SMILES string of the molecule is CCN(Cc1ccccc1)CC1(CC)CCCNC1. The summed E-state index contributed by atoms with van der Waals surface area (Å²) in [6.45, 7) is 10.5. The van der Waals surface area contributed by atoms with Crippen molar-refractivity contribution in [2.45, 2.75) is 39.7 Å². The van der Waals surface area contributed by atoms with Gasteiger partial charge in [-0.2, -0.15) is 0 Å². The fourth-order valence-electron chi connectivity index (χ4n) is 3.17. The molecule has 0 saturated carbocycles. The van der Waals surface area contributed by atoms with Crippen LogP contribution in [-0.2, 0) is 6.54 Å². The first-order valence-corrected chi connectivity index (χ1v) is 7.75. The number of rotatable bonds is 6. The van der Waals surface area contributed by atoms with Crippen molar-refractivity contribution in [2.24, 2.45) is 5.41 Å². The summed E-state index contributed by atoms with van der Waals surface area (Å²) in [5.74, 6) is 0. The molecule has 0 bridgehead atoms. The monoisotopic (exact) mass is 260 g/mol. The number of nitrogens with zero attached hydrogens (tertiary/aromatic N) is 1. The van der Waals surface area contributed by atoms with E-state index in [1.165, 1.54) is 44.5 Å². The molecule has 0 spiro atoms. The molecule has 0 aliphatic carbocycles. The van der Waals surface area contributed by atoms with Crippen molar-refractivity contribution in [3.63, 3.8) is 0 Å². The van der Waals surface area contributed by atoms with Crippen LogP contribution in [0.4, 0.5) is 0 Å². The molecule has 1 fully saturated rings. The molecule has 0 amide bonds. The van der Waals surface area contributed by atoms with Gasteiger partial charge < -0.3 is 5.32 Å². The molecule has 0 radical (unpaired) electrons. The van der Waals surface area contributed by atoms with E-state index >= 15 is 0 Å². The van der Waals surface area contributed by atoms with Gasteiger partial charge in [0.15, 0.2) is 0 Å². The highest BCUT2D eigenvalue weighted by Crippen LogP contribution is 2.31. The van der Waals surface area contributed by atoms with Gasteiger partial charge in [-0.15, -0.1) is 0 Å². The second kappa shape index (κ2) is 7.06. The summed E-state index contributed by atoms with van der Waals surface area (Å²) in [5, 5.41) is 3.59. The van der Waals surface area contributed by atoms with Crippen molar-refractivity contribution in [1.82, 2.24) is 10.2 Å². The van der Waals surface area contributed by atoms with Gasteiger partial charge in [-0.25, -0.2) is 0 Å². The largest absolute Gasteiger partial charge is 0.316 e. The zero-order chi connectivity index (χ0) is 13.6. The highest BCUT2D eigenvalue weighted by Gasteiger charge is 2.31. The summed E-state index contributed by atoms with van der Waals surface area (Å²) < 4.78 is 0. The van der Waals surface area contributed by atoms with E-state index in [-0.39, 0.29) is 0 Å². The Labute approximate surface area is 118 Å². The standard InChI is InChI=1S/C17H28N2/c1-3-17(11-8-12-18-14-17)15-19(4-2)13-16-9-6-5-7-10-16/h5-7,9-10,18H,3-4,8,11-15H2,1-2H3. The molecule has 2 heteroatoms. The molecule has 1 aliphatic rings. The Bertz CT molecular complexity index is 355. The normalized spacial score (nSPS) is 23.7. The molecule has 106 valence electrons. The van der Waals surface area contributed by atoms with Crippen molar-refractivity contribution < 1.29 is 0 Å². The number of nitrogens with one attached hydrogen (secondary N) is 1. The van der Waals surface area contributed by atoms with Gasteiger partial charge in [-0.05, 0) is 43.3 Å². The van der Waals surface area contributed by atoms with Crippen molar-refractivity contribution in [1.29, 1.82) is 0 Å². The van der Waals surface area contributed by atoms with Crippen LogP contribution in [0.2, 0.25) is 0 Å². The Balaban J connectivity index is 1.97. The lowest BCUT2D eigenvalue weighted by atomic mass is 9.78. The fourth-order valence-corrected chi connectivity index (χ4v) is 3.17. The molecule has 1 saturated heterocycles. The number of hydrogen-bond acceptors (Lipinski definition) is 2. The first-order valence-electron chi connectivity index (χ1n) is 7.75. The Hall–Kier alpha value is -0.860. The first kappa shape index (κ1) is 14.5. The minimum Gasteiger partial charge on any atom is -0.316 e. The average molecular weight is 260 g/mol. The van der Waals surface area contributed by atoms with Crippen LogP contribution < -0.4 is 5.32 Å². The Morgan fingerprint density at radius 1 is 1.21 bits per heavy atom. The van der Waals surface area contributed by atoms with Crippen LogP contribution >= 0.6 is 0 Å². The van der Waals surface area contributed by atoms with Crippen LogP contribution in [0.1, 0.15) is 38.7 Å². The van der Waals surface area contributed by atoms with Gasteiger partial charge in [-0.3, -0.25) is 4.90 Å². The maximum Gasteiger partial charge on any atom is 0.0233 e. The molecule has 1 heterocycles. The number of hydrogen-bond donors (Lipinski definition) is 1. The topological polar surface area (TPSA) is 15.3 Å². The molecule has 0 aromatic heterocycles. The lowest BCUT2D eigenvalue weighted by molar-refractivity contribution is 0.111. The van der Waals surface area contributed by atoms with Crippen molar-refractivity contribution >= 4 is 0 Å². The molecular weight excluding hydrogens is 232 g/mol. The predicted octanol–water partition coefficient (Wildman–Crippen LogP) is 3.29. The molecule has 1 aliphatic heterocycles. The smallest absolute Gasteiger partial charge is 0.0233 e. The Kier molecular flexibility index (Phi) is 5.41. The number of benzene rings is 1. The first-order chi connectivity index (χ1) is 9.28. The van der Waals surface area contributed by atoms with E-state index in [2.05, 4.69) is 54.4 Å². The molecule has 19 heavy (non-hydrogen) atoms. The van der Waals surface area contributed by atoms with Crippen LogP contribution in [0, 0.1) is 5.41 Å². The van der Waals surface area contributed by atoms with E-state index in [4.69, 9.17) is 0 Å². The van der Waals surface area contributed by atoms with E-state index in [1.807, 2.05) is 0 Å². The quantitative estimate of drug-likeness (QED) is 0.844. The molecule has 1 aromatic rings. The minimum absolute atomic E-state index is 0.489. The molecule has 2 nitrogen and oxygen atoms in total. The van der Waals surface area contributed by atoms with Gasteiger partial charge in [0.05, 0.1) is 0 Å². The summed E-state index contributed by atoms with van der Waals surface area (Å²) >= 11 is 0. The lowest BCUT2D eigenvalue weighted by Gasteiger charge is -2.40. The van der Waals surface area contributed by atoms with Crippen LogP contribution in [0.15, 0.2) is 30.3 Å². The van der Waals surface area contributed by atoms with Gasteiger partial charge in [-0.1, -0.05) is 44.2 Å². The highest BCUT2D eigenvalue weighted by molar-refractivity contribution is 5.14. The molecule has 2 rings (SSSR count). The Morgan fingerprint density at radius 2 is 2.00 bits per heavy atom. The summed E-state index contributed by atoms with van der Waals surface area (Å²) in [4.78, 5) is 2.60. The fraction of sp³-hybridized carbons (Fsp3) is 0.647. The average Bonchev–Trinajstić information content (AvgIpc) is 2.48. The lowest BCUT2D eigenvalue weighted by Crippen LogP contribution is -2.47. The zero-order valence-corrected chi connectivity index (χ0v) is 12.5. The second-order valence-corrected chi connectivity index (χ2v) is 5.92. The van der Waals surface area contributed by atoms with E-state index in [0.29, 0.717) is 5.41 Å². The molecule has 1 unspecified atom stereocenters. The van der Waals surface area contributed by atoms with Crippen LogP contribution in [0.5, 0.6) is 0 Å². The van der Waals surface area contributed by atoms with Gasteiger partial charge in [0.2, 0.25) is 0 Å². The predicted molar refractivity (Wildman–Crippen MR) is 82.2 cm³/mol. The van der Waals surface area contributed by atoms with Gasteiger partial charge in [0, 0.05) is 19.6 Å². The van der Waals surface area contributed by atoms with E-state index in [0.717, 1.165) is 13.1 Å². The van der Waals surface area contributed by atoms with Crippen LogP contribution in [-0.4, -0.2) is 31.1 Å². The molecule has 1 N–H and O–H groups in total. The second-order valence-electron chi connectivity index (χ2n) is 5.92. The third kappa shape index (κ3) is 4.05. The summed E-state index contributed by atoms with van der Waals surface area (Å²) in [6.07, 6.45) is 3.99. The van der Waals surface area contributed by atoms with E-state index in [9.17, 15) is 0 Å². The summed E-state index contributed by atoms with van der Waals surface area (Å²) in [6, 6.07) is 10.8. The Morgan fingerprint density at radius 3 is 2.58 bits per heavy atom. The maximum absolute atomic E-state index is 3.59. The third-order valence-electron chi connectivity index (χ3n) is 4.57. The van der Waals surface area contributed by atoms with Crippen LogP contribution in [0.3, 0.4) is 0 Å². The molecular formula is C17H28N2. The van der Waals surface area contributed by atoms with Crippen molar-refractivity contribution in [3.8, 4) is 0 Å². The molecule has 1 atom stereocenters. The van der Waals surface area contributed by atoms with Gasteiger partial charge in [0.1, 0.15) is 0 Å². The van der Waals surface area contributed by atoms with Gasteiger partial charge >= 0.3 is 0 Å². The molecule has 1 aromatic carbocycles. The minimum atomic E-state index is 0.489. The van der Waals surface area contributed by atoms with Crippen molar-refractivity contribution in [3.05, 3.63) is 35.9 Å². The maximum atomic E-state index is 3.59. The summed E-state index contributed by atoms with van der Waals surface area (Å²) in [5.41, 5.74) is 1.92. The van der Waals surface area contributed by atoms with Gasteiger partial charge in [0.25, 0.3) is 0 Å². The van der Waals surface area contributed by atoms with E-state index < -0.39 is 0 Å². The number of piperidine rings is 1. The van der Waals surface area contributed by atoms with Crippen molar-refractivity contribution in [2.75, 3.05) is 26.2 Å². The third-order valence-corrected chi connectivity index (χ3v) is 4.57. The highest BCUT2D eigenvalue weighted by atomic mass is 15.1. The van der Waals surface area contributed by atoms with E-state index in [1.54, 1.807) is 0 Å². The van der Waals surface area contributed by atoms with Crippen LogP contribution in [0.25, 0.3) is 0 Å². The summed E-state index contributed by atoms with van der Waals surface area (Å²) in [7, 11) is 0.